The third kappa shape index (κ3) is 6.38. The smallest absolute Gasteiger partial charge is 0.252 e. The summed E-state index contributed by atoms with van der Waals surface area (Å²) >= 11 is 0. The van der Waals surface area contributed by atoms with Crippen LogP contribution in [0.5, 0.6) is 11.6 Å². The Bertz CT molecular complexity index is 724. The quantitative estimate of drug-likeness (QED) is 0.780. The molecule has 0 radical (unpaired) electrons. The van der Waals surface area contributed by atoms with Crippen molar-refractivity contribution in [3.05, 3.63) is 53.7 Å². The lowest BCUT2D eigenvalue weighted by molar-refractivity contribution is 0.0942. The summed E-state index contributed by atoms with van der Waals surface area (Å²) in [7, 11) is 0. The molecular formula is C20H27Cl2N3O2. The molecule has 0 spiro atoms. The van der Waals surface area contributed by atoms with Crippen molar-refractivity contribution in [2.24, 2.45) is 5.92 Å². The first-order valence-electron chi connectivity index (χ1n) is 8.65. The van der Waals surface area contributed by atoms with Crippen LogP contribution >= 0.6 is 24.8 Å². The molecule has 1 aliphatic heterocycles. The van der Waals surface area contributed by atoms with E-state index in [1.807, 2.05) is 12.1 Å². The Labute approximate surface area is 173 Å². The molecule has 148 valence electrons. The van der Waals surface area contributed by atoms with Crippen molar-refractivity contribution in [2.45, 2.75) is 26.2 Å². The maximum Gasteiger partial charge on any atom is 0.252 e. The van der Waals surface area contributed by atoms with Crippen LogP contribution in [0.1, 0.15) is 36.7 Å². The zero-order valence-electron chi connectivity index (χ0n) is 15.8. The molecule has 1 aliphatic rings. The monoisotopic (exact) mass is 411 g/mol. The predicted molar refractivity (Wildman–Crippen MR) is 113 cm³/mol. The van der Waals surface area contributed by atoms with Gasteiger partial charge in [0.15, 0.2) is 0 Å². The SMILES string of the molecule is CC(C)(C)c1ccc(Oc2ccc(C(=O)NCC3CNC3)cn2)cc1.Cl.Cl. The van der Waals surface area contributed by atoms with Gasteiger partial charge in [0, 0.05) is 37.8 Å². The fourth-order valence-electron chi connectivity index (χ4n) is 2.55. The van der Waals surface area contributed by atoms with Crippen molar-refractivity contribution < 1.29 is 9.53 Å². The molecular weight excluding hydrogens is 385 g/mol. The highest BCUT2D eigenvalue weighted by Gasteiger charge is 2.18. The zero-order valence-corrected chi connectivity index (χ0v) is 17.5. The molecule has 2 aromatic rings. The van der Waals surface area contributed by atoms with E-state index in [0.717, 1.165) is 18.8 Å². The maximum atomic E-state index is 12.1. The minimum atomic E-state index is -0.0968. The van der Waals surface area contributed by atoms with E-state index < -0.39 is 0 Å². The van der Waals surface area contributed by atoms with Gasteiger partial charge in [0.25, 0.3) is 5.91 Å². The van der Waals surface area contributed by atoms with Gasteiger partial charge in [-0.25, -0.2) is 4.98 Å². The summed E-state index contributed by atoms with van der Waals surface area (Å²) in [6.45, 7) is 9.17. The zero-order chi connectivity index (χ0) is 17.9. The number of benzene rings is 1. The number of rotatable bonds is 5. The number of carbonyl (C=O) groups is 1. The summed E-state index contributed by atoms with van der Waals surface area (Å²) in [6, 6.07) is 11.5. The molecule has 2 heterocycles. The van der Waals surface area contributed by atoms with Gasteiger partial charge in [-0.2, -0.15) is 0 Å². The lowest BCUT2D eigenvalue weighted by Crippen LogP contribution is -2.48. The van der Waals surface area contributed by atoms with Gasteiger partial charge < -0.3 is 15.4 Å². The van der Waals surface area contributed by atoms with Crippen LogP contribution in [0.2, 0.25) is 0 Å². The van der Waals surface area contributed by atoms with Gasteiger partial charge in [-0.1, -0.05) is 32.9 Å². The second-order valence-corrected chi connectivity index (χ2v) is 7.50. The van der Waals surface area contributed by atoms with Gasteiger partial charge >= 0.3 is 0 Å². The lowest BCUT2D eigenvalue weighted by Gasteiger charge is -2.27. The largest absolute Gasteiger partial charge is 0.439 e. The van der Waals surface area contributed by atoms with Crippen LogP contribution < -0.4 is 15.4 Å². The number of hydrogen-bond acceptors (Lipinski definition) is 4. The first kappa shape index (κ1) is 23.2. The van der Waals surface area contributed by atoms with Gasteiger partial charge in [-0.3, -0.25) is 4.79 Å². The molecule has 1 aromatic carbocycles. The molecule has 0 unspecified atom stereocenters. The molecule has 1 amide bonds. The molecule has 27 heavy (non-hydrogen) atoms. The van der Waals surface area contributed by atoms with Crippen molar-refractivity contribution in [3.8, 4) is 11.6 Å². The Hall–Kier alpha value is -1.82. The van der Waals surface area contributed by atoms with E-state index in [-0.39, 0.29) is 36.1 Å². The van der Waals surface area contributed by atoms with Crippen molar-refractivity contribution in [1.82, 2.24) is 15.6 Å². The number of carbonyl (C=O) groups excluding carboxylic acids is 1. The molecule has 5 nitrogen and oxygen atoms in total. The number of nitrogens with zero attached hydrogens (tertiary/aromatic N) is 1. The van der Waals surface area contributed by atoms with Gasteiger partial charge in [-0.05, 0) is 29.2 Å². The number of aromatic nitrogens is 1. The lowest BCUT2D eigenvalue weighted by atomic mass is 9.87. The average molecular weight is 412 g/mol. The minimum absolute atomic E-state index is 0. The molecule has 0 aliphatic carbocycles. The standard InChI is InChI=1S/C20H25N3O2.2ClH/c1-20(2,3)16-5-7-17(8-6-16)25-18-9-4-15(13-22-18)19(24)23-12-14-10-21-11-14;;/h4-9,13-14,21H,10-12H2,1-3H3,(H,23,24);2*1H. The second kappa shape index (κ2) is 9.93. The third-order valence-corrected chi connectivity index (χ3v) is 4.36. The molecule has 0 saturated carbocycles. The van der Waals surface area contributed by atoms with Crippen LogP contribution in [-0.2, 0) is 5.41 Å². The number of amides is 1. The van der Waals surface area contributed by atoms with Gasteiger partial charge in [0.05, 0.1) is 5.56 Å². The van der Waals surface area contributed by atoms with Gasteiger partial charge in [0.2, 0.25) is 5.88 Å². The summed E-state index contributed by atoms with van der Waals surface area (Å²) in [5.41, 5.74) is 1.91. The van der Waals surface area contributed by atoms with Crippen molar-refractivity contribution >= 4 is 30.7 Å². The van der Waals surface area contributed by atoms with Crippen LogP contribution in [0.3, 0.4) is 0 Å². The minimum Gasteiger partial charge on any atom is -0.439 e. The van der Waals surface area contributed by atoms with Crippen LogP contribution in [-0.4, -0.2) is 30.5 Å². The van der Waals surface area contributed by atoms with E-state index in [1.165, 1.54) is 5.56 Å². The Morgan fingerprint density at radius 2 is 1.81 bits per heavy atom. The van der Waals surface area contributed by atoms with Crippen molar-refractivity contribution in [1.29, 1.82) is 0 Å². The van der Waals surface area contributed by atoms with Crippen molar-refractivity contribution in [2.75, 3.05) is 19.6 Å². The van der Waals surface area contributed by atoms with E-state index in [9.17, 15) is 4.79 Å². The second-order valence-electron chi connectivity index (χ2n) is 7.50. The summed E-state index contributed by atoms with van der Waals surface area (Å²) in [4.78, 5) is 16.3. The first-order chi connectivity index (χ1) is 11.9. The molecule has 1 aromatic heterocycles. The van der Waals surface area contributed by atoms with E-state index in [2.05, 4.69) is 48.5 Å². The van der Waals surface area contributed by atoms with Crippen LogP contribution in [0.4, 0.5) is 0 Å². The maximum absolute atomic E-state index is 12.1. The van der Waals surface area contributed by atoms with Crippen LogP contribution in [0, 0.1) is 5.92 Å². The summed E-state index contributed by atoms with van der Waals surface area (Å²) < 4.78 is 5.75. The third-order valence-electron chi connectivity index (χ3n) is 4.36. The fourth-order valence-corrected chi connectivity index (χ4v) is 2.55. The topological polar surface area (TPSA) is 63.2 Å². The number of hydrogen-bond donors (Lipinski definition) is 2. The molecule has 7 heteroatoms. The summed E-state index contributed by atoms with van der Waals surface area (Å²) in [6.07, 6.45) is 1.55. The van der Waals surface area contributed by atoms with Crippen LogP contribution in [0.15, 0.2) is 42.6 Å². The number of ether oxygens (including phenoxy) is 1. The normalized spacial score (nSPS) is 13.6. The molecule has 1 fully saturated rings. The molecule has 2 N–H and O–H groups in total. The Kier molecular flexibility index (Phi) is 8.54. The number of nitrogens with one attached hydrogen (secondary N) is 2. The molecule has 1 saturated heterocycles. The molecule has 3 rings (SSSR count). The Morgan fingerprint density at radius 1 is 1.15 bits per heavy atom. The highest BCUT2D eigenvalue weighted by atomic mass is 35.5. The number of halogens is 2. The fraction of sp³-hybridized carbons (Fsp3) is 0.400. The van der Waals surface area contributed by atoms with E-state index in [1.54, 1.807) is 18.3 Å². The van der Waals surface area contributed by atoms with E-state index in [4.69, 9.17) is 4.74 Å². The highest BCUT2D eigenvalue weighted by molar-refractivity contribution is 5.93. The van der Waals surface area contributed by atoms with Gasteiger partial charge in [0.1, 0.15) is 5.75 Å². The molecule has 0 atom stereocenters. The van der Waals surface area contributed by atoms with E-state index >= 15 is 0 Å². The summed E-state index contributed by atoms with van der Waals surface area (Å²) in [5.74, 6) is 1.65. The summed E-state index contributed by atoms with van der Waals surface area (Å²) in [5, 5.41) is 6.12. The Morgan fingerprint density at radius 3 is 2.30 bits per heavy atom. The highest BCUT2D eigenvalue weighted by Crippen LogP contribution is 2.26. The van der Waals surface area contributed by atoms with Gasteiger partial charge in [-0.15, -0.1) is 24.8 Å². The predicted octanol–water partition coefficient (Wildman–Crippen LogP) is 3.96. The van der Waals surface area contributed by atoms with Crippen LogP contribution in [0.25, 0.3) is 0 Å². The molecule has 0 bridgehead atoms. The Balaban J connectivity index is 0.00000182. The first-order valence-corrected chi connectivity index (χ1v) is 8.65. The van der Waals surface area contributed by atoms with Crippen molar-refractivity contribution in [3.63, 3.8) is 0 Å². The average Bonchev–Trinajstić information content (AvgIpc) is 2.53. The van der Waals surface area contributed by atoms with E-state index in [0.29, 0.717) is 23.9 Å². The number of pyridine rings is 1.